The highest BCUT2D eigenvalue weighted by Crippen LogP contribution is 2.04. The molecule has 102 valence electrons. The van der Waals surface area contributed by atoms with Crippen molar-refractivity contribution in [1.82, 2.24) is 9.97 Å². The Morgan fingerprint density at radius 3 is 2.75 bits per heavy atom. The first-order valence-corrected chi connectivity index (χ1v) is 5.97. The zero-order valence-electron chi connectivity index (χ0n) is 10.9. The highest BCUT2D eigenvalue weighted by atomic mass is 16.5. The van der Waals surface area contributed by atoms with E-state index in [0.717, 1.165) is 5.69 Å². The Morgan fingerprint density at radius 2 is 2.05 bits per heavy atom. The first kappa shape index (κ1) is 13.7. The standard InChI is InChI=1S/C14H13N3O3/c1-10-5-4-7-12(16-10)17-13(18)9-20-14(19)11-6-2-3-8-15-11/h2-8H,9H2,1H3,(H,16,17,18). The van der Waals surface area contributed by atoms with Gasteiger partial charge in [0.2, 0.25) is 0 Å². The van der Waals surface area contributed by atoms with Crippen molar-refractivity contribution in [3.63, 3.8) is 0 Å². The van der Waals surface area contributed by atoms with Gasteiger partial charge in [-0.1, -0.05) is 12.1 Å². The number of carbonyl (C=O) groups is 2. The van der Waals surface area contributed by atoms with Crippen LogP contribution in [0.2, 0.25) is 0 Å². The van der Waals surface area contributed by atoms with E-state index in [-0.39, 0.29) is 12.3 Å². The summed E-state index contributed by atoms with van der Waals surface area (Å²) in [6.07, 6.45) is 1.48. The van der Waals surface area contributed by atoms with E-state index in [4.69, 9.17) is 4.74 Å². The minimum Gasteiger partial charge on any atom is -0.451 e. The van der Waals surface area contributed by atoms with Crippen LogP contribution in [0.5, 0.6) is 0 Å². The van der Waals surface area contributed by atoms with Crippen molar-refractivity contribution in [2.45, 2.75) is 6.92 Å². The number of hydrogen-bond acceptors (Lipinski definition) is 5. The second kappa shape index (κ2) is 6.42. The van der Waals surface area contributed by atoms with Gasteiger partial charge in [0, 0.05) is 11.9 Å². The van der Waals surface area contributed by atoms with Crippen molar-refractivity contribution in [3.8, 4) is 0 Å². The number of aromatic nitrogens is 2. The minimum absolute atomic E-state index is 0.161. The fourth-order valence-corrected chi connectivity index (χ4v) is 1.48. The van der Waals surface area contributed by atoms with E-state index in [2.05, 4.69) is 15.3 Å². The smallest absolute Gasteiger partial charge is 0.357 e. The molecule has 0 bridgehead atoms. The van der Waals surface area contributed by atoms with Gasteiger partial charge in [0.25, 0.3) is 5.91 Å². The summed E-state index contributed by atoms with van der Waals surface area (Å²) in [5.74, 6) is -0.672. The molecule has 0 radical (unpaired) electrons. The molecule has 2 aromatic rings. The third-order valence-corrected chi connectivity index (χ3v) is 2.36. The van der Waals surface area contributed by atoms with Crippen LogP contribution < -0.4 is 5.32 Å². The highest BCUT2D eigenvalue weighted by Gasteiger charge is 2.11. The van der Waals surface area contributed by atoms with Gasteiger partial charge in [-0.2, -0.15) is 0 Å². The Morgan fingerprint density at radius 1 is 1.20 bits per heavy atom. The molecule has 0 atom stereocenters. The third-order valence-electron chi connectivity index (χ3n) is 2.36. The summed E-state index contributed by atoms with van der Waals surface area (Å²) in [5.41, 5.74) is 0.947. The molecule has 0 saturated heterocycles. The average molecular weight is 271 g/mol. The number of amides is 1. The Kier molecular flexibility index (Phi) is 4.39. The van der Waals surface area contributed by atoms with E-state index in [1.165, 1.54) is 12.3 Å². The highest BCUT2D eigenvalue weighted by molar-refractivity contribution is 5.94. The van der Waals surface area contributed by atoms with Crippen molar-refractivity contribution in [3.05, 3.63) is 54.0 Å². The minimum atomic E-state index is -0.641. The number of rotatable bonds is 4. The van der Waals surface area contributed by atoms with Crippen molar-refractivity contribution in [1.29, 1.82) is 0 Å². The molecule has 2 aromatic heterocycles. The maximum Gasteiger partial charge on any atom is 0.357 e. The maximum absolute atomic E-state index is 11.6. The quantitative estimate of drug-likeness (QED) is 0.854. The molecule has 2 heterocycles. The first-order valence-electron chi connectivity index (χ1n) is 5.97. The zero-order valence-corrected chi connectivity index (χ0v) is 10.9. The molecule has 0 aliphatic rings. The number of nitrogens with one attached hydrogen (secondary N) is 1. The second-order valence-corrected chi connectivity index (χ2v) is 4.00. The molecule has 0 saturated carbocycles. The van der Waals surface area contributed by atoms with Gasteiger partial charge < -0.3 is 10.1 Å². The molecule has 0 aliphatic heterocycles. The Labute approximate surface area is 115 Å². The molecule has 1 N–H and O–H groups in total. The number of anilines is 1. The van der Waals surface area contributed by atoms with Crippen molar-refractivity contribution in [2.24, 2.45) is 0 Å². The van der Waals surface area contributed by atoms with Gasteiger partial charge in [-0.05, 0) is 31.2 Å². The van der Waals surface area contributed by atoms with Crippen LogP contribution >= 0.6 is 0 Å². The topological polar surface area (TPSA) is 81.2 Å². The molecule has 6 heteroatoms. The number of nitrogens with zero attached hydrogens (tertiary/aromatic N) is 2. The van der Waals surface area contributed by atoms with E-state index in [1.807, 2.05) is 13.0 Å². The first-order chi connectivity index (χ1) is 9.65. The van der Waals surface area contributed by atoms with Crippen LogP contribution in [0.3, 0.4) is 0 Å². The lowest BCUT2D eigenvalue weighted by atomic mass is 10.3. The van der Waals surface area contributed by atoms with E-state index >= 15 is 0 Å². The van der Waals surface area contributed by atoms with Gasteiger partial charge in [0.1, 0.15) is 11.5 Å². The lowest BCUT2D eigenvalue weighted by Gasteiger charge is -2.06. The van der Waals surface area contributed by atoms with Gasteiger partial charge in [-0.15, -0.1) is 0 Å². The van der Waals surface area contributed by atoms with Crippen LogP contribution in [0.25, 0.3) is 0 Å². The predicted molar refractivity (Wildman–Crippen MR) is 72.1 cm³/mol. The molecule has 1 amide bonds. The van der Waals surface area contributed by atoms with Crippen LogP contribution in [0, 0.1) is 6.92 Å². The molecular formula is C14H13N3O3. The fourth-order valence-electron chi connectivity index (χ4n) is 1.48. The molecule has 2 rings (SSSR count). The third kappa shape index (κ3) is 3.88. The molecule has 0 unspecified atom stereocenters. The van der Waals surface area contributed by atoms with Crippen molar-refractivity contribution >= 4 is 17.7 Å². The van der Waals surface area contributed by atoms with E-state index in [9.17, 15) is 9.59 Å². The summed E-state index contributed by atoms with van der Waals surface area (Å²) in [6, 6.07) is 10.1. The van der Waals surface area contributed by atoms with E-state index in [1.54, 1.807) is 24.3 Å². The molecule has 0 spiro atoms. The van der Waals surface area contributed by atoms with Crippen LogP contribution in [0.1, 0.15) is 16.2 Å². The van der Waals surface area contributed by atoms with Crippen LogP contribution in [0.15, 0.2) is 42.6 Å². The molecule has 0 fully saturated rings. The predicted octanol–water partition coefficient (Wildman–Crippen LogP) is 1.58. The van der Waals surface area contributed by atoms with Gasteiger partial charge in [-0.25, -0.2) is 14.8 Å². The average Bonchev–Trinajstić information content (AvgIpc) is 2.46. The fraction of sp³-hybridized carbons (Fsp3) is 0.143. The van der Waals surface area contributed by atoms with Gasteiger partial charge >= 0.3 is 5.97 Å². The van der Waals surface area contributed by atoms with Crippen LogP contribution in [-0.2, 0) is 9.53 Å². The molecule has 0 aromatic carbocycles. The van der Waals surface area contributed by atoms with E-state index in [0.29, 0.717) is 5.82 Å². The zero-order chi connectivity index (χ0) is 14.4. The van der Waals surface area contributed by atoms with Crippen LogP contribution in [-0.4, -0.2) is 28.5 Å². The Bertz CT molecular complexity index is 614. The molecule has 6 nitrogen and oxygen atoms in total. The molecule has 20 heavy (non-hydrogen) atoms. The SMILES string of the molecule is Cc1cccc(NC(=O)COC(=O)c2ccccn2)n1. The van der Waals surface area contributed by atoms with Gasteiger partial charge in [0.15, 0.2) is 6.61 Å². The summed E-state index contributed by atoms with van der Waals surface area (Å²) in [6.45, 7) is 1.43. The summed E-state index contributed by atoms with van der Waals surface area (Å²) < 4.78 is 4.85. The van der Waals surface area contributed by atoms with Crippen molar-refractivity contribution in [2.75, 3.05) is 11.9 Å². The number of carbonyl (C=O) groups excluding carboxylic acids is 2. The van der Waals surface area contributed by atoms with Crippen molar-refractivity contribution < 1.29 is 14.3 Å². The lowest BCUT2D eigenvalue weighted by molar-refractivity contribution is -0.119. The Hall–Kier alpha value is -2.76. The summed E-state index contributed by atoms with van der Waals surface area (Å²) in [4.78, 5) is 31.1. The Balaban J connectivity index is 1.85. The monoisotopic (exact) mass is 271 g/mol. The normalized spacial score (nSPS) is 9.85. The molecular weight excluding hydrogens is 258 g/mol. The van der Waals surface area contributed by atoms with Gasteiger partial charge in [0.05, 0.1) is 0 Å². The number of pyridine rings is 2. The number of ether oxygens (including phenoxy) is 1. The molecule has 0 aliphatic carbocycles. The lowest BCUT2D eigenvalue weighted by Crippen LogP contribution is -2.21. The summed E-state index contributed by atoms with van der Waals surface area (Å²) in [7, 11) is 0. The van der Waals surface area contributed by atoms with Gasteiger partial charge in [-0.3, -0.25) is 4.79 Å². The van der Waals surface area contributed by atoms with Crippen LogP contribution in [0.4, 0.5) is 5.82 Å². The summed E-state index contributed by atoms with van der Waals surface area (Å²) >= 11 is 0. The number of aryl methyl sites for hydroxylation is 1. The largest absolute Gasteiger partial charge is 0.451 e. The van der Waals surface area contributed by atoms with E-state index < -0.39 is 11.9 Å². The summed E-state index contributed by atoms with van der Waals surface area (Å²) in [5, 5.41) is 2.54. The second-order valence-electron chi connectivity index (χ2n) is 4.00. The number of hydrogen-bond donors (Lipinski definition) is 1. The number of esters is 1. The maximum atomic E-state index is 11.6.